The monoisotopic (exact) mass is 343 g/mol. The van der Waals surface area contributed by atoms with Gasteiger partial charge in [-0.05, 0) is 45.4 Å². The van der Waals surface area contributed by atoms with Crippen LogP contribution in [0.2, 0.25) is 0 Å². The molecule has 1 aliphatic carbocycles. The van der Waals surface area contributed by atoms with Crippen LogP contribution in [0.3, 0.4) is 0 Å². The maximum atomic E-state index is 11.1. The highest BCUT2D eigenvalue weighted by molar-refractivity contribution is 5.50. The van der Waals surface area contributed by atoms with Gasteiger partial charge in [0.25, 0.3) is 0 Å². The van der Waals surface area contributed by atoms with E-state index >= 15 is 0 Å². The summed E-state index contributed by atoms with van der Waals surface area (Å²) in [6, 6.07) is 0. The number of rotatable bonds is 3. The molecule has 0 radical (unpaired) electrons. The third-order valence-corrected chi connectivity index (χ3v) is 5.26. The number of nitrogens with zero attached hydrogens (tertiary/aromatic N) is 5. The van der Waals surface area contributed by atoms with Crippen LogP contribution >= 0.6 is 0 Å². The van der Waals surface area contributed by atoms with Gasteiger partial charge in [-0.15, -0.1) is 0 Å². The van der Waals surface area contributed by atoms with Gasteiger partial charge in [-0.3, -0.25) is 0 Å². The number of hydrogen-bond acceptors (Lipinski definition) is 7. The number of aryl methyl sites for hydroxylation is 2. The summed E-state index contributed by atoms with van der Waals surface area (Å²) < 4.78 is 5.22. The molecule has 1 saturated heterocycles. The summed E-state index contributed by atoms with van der Waals surface area (Å²) in [6.07, 6.45) is 9.41. The summed E-state index contributed by atoms with van der Waals surface area (Å²) in [5, 5.41) is 14.9. The molecule has 7 nitrogen and oxygen atoms in total. The van der Waals surface area contributed by atoms with E-state index in [0.29, 0.717) is 24.7 Å². The smallest absolute Gasteiger partial charge is 0.229 e. The van der Waals surface area contributed by atoms with Crippen molar-refractivity contribution < 1.29 is 9.63 Å². The SMILES string of the molecule is Cc1noc(CC2(O)CCCN(c3ncnc4c3CCCCC4)C2)n1. The van der Waals surface area contributed by atoms with Crippen LogP contribution in [0.15, 0.2) is 10.9 Å². The van der Waals surface area contributed by atoms with Crippen LogP contribution in [-0.2, 0) is 19.3 Å². The summed E-state index contributed by atoms with van der Waals surface area (Å²) in [5.41, 5.74) is 1.60. The second kappa shape index (κ2) is 6.71. The molecule has 2 aromatic rings. The van der Waals surface area contributed by atoms with Crippen molar-refractivity contribution in [3.05, 3.63) is 29.3 Å². The lowest BCUT2D eigenvalue weighted by Crippen LogP contribution is -2.50. The van der Waals surface area contributed by atoms with Gasteiger partial charge in [-0.1, -0.05) is 11.6 Å². The highest BCUT2D eigenvalue weighted by Crippen LogP contribution is 2.32. The molecule has 0 amide bonds. The zero-order valence-electron chi connectivity index (χ0n) is 14.7. The molecule has 25 heavy (non-hydrogen) atoms. The Morgan fingerprint density at radius 3 is 2.92 bits per heavy atom. The van der Waals surface area contributed by atoms with Crippen molar-refractivity contribution in [2.75, 3.05) is 18.0 Å². The van der Waals surface area contributed by atoms with Gasteiger partial charge in [0.2, 0.25) is 5.89 Å². The van der Waals surface area contributed by atoms with E-state index in [9.17, 15) is 5.11 Å². The summed E-state index contributed by atoms with van der Waals surface area (Å²) in [7, 11) is 0. The average molecular weight is 343 g/mol. The van der Waals surface area contributed by atoms with E-state index in [-0.39, 0.29) is 0 Å². The van der Waals surface area contributed by atoms with Gasteiger partial charge in [-0.2, -0.15) is 4.98 Å². The van der Waals surface area contributed by atoms with Gasteiger partial charge < -0.3 is 14.5 Å². The first-order valence-corrected chi connectivity index (χ1v) is 9.22. The molecule has 1 unspecified atom stereocenters. The van der Waals surface area contributed by atoms with Crippen LogP contribution < -0.4 is 4.90 Å². The Balaban J connectivity index is 1.57. The Bertz CT molecular complexity index is 747. The lowest BCUT2D eigenvalue weighted by Gasteiger charge is -2.40. The maximum Gasteiger partial charge on any atom is 0.229 e. The molecule has 0 saturated carbocycles. The average Bonchev–Trinajstić information content (AvgIpc) is 2.85. The van der Waals surface area contributed by atoms with Crippen molar-refractivity contribution in [3.8, 4) is 0 Å². The largest absolute Gasteiger partial charge is 0.388 e. The molecule has 1 N–H and O–H groups in total. The fourth-order valence-electron chi connectivity index (χ4n) is 4.08. The van der Waals surface area contributed by atoms with Crippen molar-refractivity contribution in [2.24, 2.45) is 0 Å². The molecule has 3 heterocycles. The topological polar surface area (TPSA) is 88.2 Å². The summed E-state index contributed by atoms with van der Waals surface area (Å²) in [6.45, 7) is 3.24. The molecule has 7 heteroatoms. The lowest BCUT2D eigenvalue weighted by atomic mass is 9.89. The van der Waals surface area contributed by atoms with E-state index in [1.807, 2.05) is 0 Å². The van der Waals surface area contributed by atoms with Crippen LogP contribution in [0.25, 0.3) is 0 Å². The number of fused-ring (bicyclic) bond motifs is 1. The number of hydrogen-bond donors (Lipinski definition) is 1. The molecule has 0 aromatic carbocycles. The number of aromatic nitrogens is 4. The second-order valence-electron chi connectivity index (χ2n) is 7.34. The zero-order valence-corrected chi connectivity index (χ0v) is 14.7. The van der Waals surface area contributed by atoms with Crippen LogP contribution in [0.5, 0.6) is 0 Å². The first kappa shape index (κ1) is 16.4. The molecule has 1 aliphatic heterocycles. The minimum absolute atomic E-state index is 0.387. The Morgan fingerprint density at radius 2 is 2.08 bits per heavy atom. The second-order valence-corrected chi connectivity index (χ2v) is 7.34. The van der Waals surface area contributed by atoms with Crippen LogP contribution in [0.1, 0.15) is 55.1 Å². The van der Waals surface area contributed by atoms with Crippen LogP contribution in [0, 0.1) is 6.92 Å². The molecular formula is C18H25N5O2. The van der Waals surface area contributed by atoms with Gasteiger partial charge >= 0.3 is 0 Å². The van der Waals surface area contributed by atoms with Gasteiger partial charge in [0.1, 0.15) is 12.1 Å². The molecule has 134 valence electrons. The van der Waals surface area contributed by atoms with Crippen molar-refractivity contribution in [2.45, 2.75) is 63.9 Å². The molecule has 1 atom stereocenters. The molecule has 0 spiro atoms. The normalized spacial score (nSPS) is 24.0. The fraction of sp³-hybridized carbons (Fsp3) is 0.667. The summed E-state index contributed by atoms with van der Waals surface area (Å²) >= 11 is 0. The predicted octanol–water partition coefficient (Wildman–Crippen LogP) is 2.01. The van der Waals surface area contributed by atoms with Gasteiger partial charge in [-0.25, -0.2) is 9.97 Å². The van der Waals surface area contributed by atoms with E-state index in [1.165, 1.54) is 30.5 Å². The minimum Gasteiger partial charge on any atom is -0.388 e. The van der Waals surface area contributed by atoms with Gasteiger partial charge in [0.15, 0.2) is 5.82 Å². The number of aliphatic hydroxyl groups is 1. The third-order valence-electron chi connectivity index (χ3n) is 5.26. The van der Waals surface area contributed by atoms with Gasteiger partial charge in [0, 0.05) is 24.3 Å². The lowest BCUT2D eigenvalue weighted by molar-refractivity contribution is 0.0191. The Morgan fingerprint density at radius 1 is 1.20 bits per heavy atom. The Kier molecular flexibility index (Phi) is 4.41. The zero-order chi connectivity index (χ0) is 17.3. The predicted molar refractivity (Wildman–Crippen MR) is 92.4 cm³/mol. The molecule has 0 bridgehead atoms. The Labute approximate surface area is 147 Å². The van der Waals surface area contributed by atoms with E-state index < -0.39 is 5.60 Å². The van der Waals surface area contributed by atoms with E-state index in [0.717, 1.165) is 38.0 Å². The molecule has 2 aromatic heterocycles. The quantitative estimate of drug-likeness (QED) is 0.853. The molecule has 4 rings (SSSR count). The van der Waals surface area contributed by atoms with Crippen LogP contribution in [-0.4, -0.2) is 43.9 Å². The minimum atomic E-state index is -0.861. The van der Waals surface area contributed by atoms with E-state index in [4.69, 9.17) is 4.52 Å². The standard InChI is InChI=1S/C18H25N5O2/c1-13-21-16(25-22-13)10-18(24)8-5-9-23(11-18)17-14-6-3-2-4-7-15(14)19-12-20-17/h12,24H,2-11H2,1H3. The molecule has 1 fully saturated rings. The summed E-state index contributed by atoms with van der Waals surface area (Å²) in [4.78, 5) is 15.6. The van der Waals surface area contributed by atoms with E-state index in [1.54, 1.807) is 13.3 Å². The van der Waals surface area contributed by atoms with Crippen molar-refractivity contribution in [3.63, 3.8) is 0 Å². The van der Waals surface area contributed by atoms with Crippen molar-refractivity contribution >= 4 is 5.82 Å². The Hall–Kier alpha value is -2.02. The first-order chi connectivity index (χ1) is 12.1. The summed E-state index contributed by atoms with van der Waals surface area (Å²) in [5.74, 6) is 2.11. The highest BCUT2D eigenvalue weighted by Gasteiger charge is 2.36. The highest BCUT2D eigenvalue weighted by atomic mass is 16.5. The van der Waals surface area contributed by atoms with E-state index in [2.05, 4.69) is 25.0 Å². The number of piperidine rings is 1. The number of anilines is 1. The van der Waals surface area contributed by atoms with Crippen molar-refractivity contribution in [1.82, 2.24) is 20.1 Å². The third kappa shape index (κ3) is 3.51. The fourth-order valence-corrected chi connectivity index (χ4v) is 4.08. The maximum absolute atomic E-state index is 11.1. The first-order valence-electron chi connectivity index (χ1n) is 9.22. The molecular weight excluding hydrogens is 318 g/mol. The van der Waals surface area contributed by atoms with Crippen LogP contribution in [0.4, 0.5) is 5.82 Å². The van der Waals surface area contributed by atoms with Gasteiger partial charge in [0.05, 0.1) is 12.0 Å². The van der Waals surface area contributed by atoms with Crippen molar-refractivity contribution in [1.29, 1.82) is 0 Å². The number of β-amino-alcohol motifs (C(OH)–C–C–N with tert-alkyl or cyclic N) is 1. The molecule has 2 aliphatic rings.